The smallest absolute Gasteiger partial charge is 0.416 e. The van der Waals surface area contributed by atoms with Gasteiger partial charge in [0.25, 0.3) is 5.91 Å². The van der Waals surface area contributed by atoms with Crippen LogP contribution in [-0.4, -0.2) is 33.7 Å². The number of hydrogen-bond acceptors (Lipinski definition) is 4. The number of halogens is 3. The Labute approximate surface area is 160 Å². The van der Waals surface area contributed by atoms with Crippen molar-refractivity contribution in [2.24, 2.45) is 0 Å². The normalized spacial score (nSPS) is 16.1. The van der Waals surface area contributed by atoms with Gasteiger partial charge in [-0.15, -0.1) is 0 Å². The first-order valence-corrected chi connectivity index (χ1v) is 9.90. The summed E-state index contributed by atoms with van der Waals surface area (Å²) < 4.78 is 68.6. The van der Waals surface area contributed by atoms with Crippen LogP contribution in [0.1, 0.15) is 22.3 Å². The molecule has 1 aliphatic heterocycles. The van der Waals surface area contributed by atoms with E-state index in [2.05, 4.69) is 5.32 Å². The minimum atomic E-state index is -4.49. The van der Waals surface area contributed by atoms with Crippen LogP contribution in [0.25, 0.3) is 0 Å². The minimum Gasteiger partial charge on any atom is -0.495 e. The van der Waals surface area contributed by atoms with Crippen LogP contribution in [0.15, 0.2) is 42.5 Å². The Bertz CT molecular complexity index is 989. The number of rotatable bonds is 4. The van der Waals surface area contributed by atoms with Gasteiger partial charge in [-0.3, -0.25) is 9.10 Å². The molecule has 150 valence electrons. The van der Waals surface area contributed by atoms with Crippen molar-refractivity contribution >= 4 is 27.3 Å². The van der Waals surface area contributed by atoms with Crippen molar-refractivity contribution in [3.63, 3.8) is 0 Å². The summed E-state index contributed by atoms with van der Waals surface area (Å²) in [6.07, 6.45) is -3.99. The highest BCUT2D eigenvalue weighted by Crippen LogP contribution is 2.33. The lowest BCUT2D eigenvalue weighted by molar-refractivity contribution is -0.137. The Morgan fingerprint density at radius 2 is 1.82 bits per heavy atom. The number of anilines is 2. The van der Waals surface area contributed by atoms with Crippen LogP contribution >= 0.6 is 0 Å². The van der Waals surface area contributed by atoms with Crippen LogP contribution in [0.3, 0.4) is 0 Å². The molecule has 1 fully saturated rings. The molecule has 6 nitrogen and oxygen atoms in total. The van der Waals surface area contributed by atoms with E-state index in [0.717, 1.165) is 24.3 Å². The van der Waals surface area contributed by atoms with E-state index < -0.39 is 27.7 Å². The Morgan fingerprint density at radius 1 is 1.14 bits per heavy atom. The maximum Gasteiger partial charge on any atom is 0.416 e. The molecule has 3 rings (SSSR count). The number of carbonyl (C=O) groups is 1. The van der Waals surface area contributed by atoms with Gasteiger partial charge in [0.05, 0.1) is 29.8 Å². The Hall–Kier alpha value is -2.75. The van der Waals surface area contributed by atoms with Gasteiger partial charge in [0, 0.05) is 12.1 Å². The van der Waals surface area contributed by atoms with Gasteiger partial charge in [-0.05, 0) is 48.9 Å². The molecule has 1 saturated heterocycles. The van der Waals surface area contributed by atoms with Gasteiger partial charge < -0.3 is 10.1 Å². The lowest BCUT2D eigenvalue weighted by Gasteiger charge is -2.19. The maximum atomic E-state index is 12.7. The molecule has 1 aliphatic rings. The highest BCUT2D eigenvalue weighted by molar-refractivity contribution is 7.93. The summed E-state index contributed by atoms with van der Waals surface area (Å²) in [6, 6.07) is 8.32. The van der Waals surface area contributed by atoms with E-state index >= 15 is 0 Å². The Kier molecular flexibility index (Phi) is 5.24. The predicted molar refractivity (Wildman–Crippen MR) is 98.1 cm³/mol. The summed E-state index contributed by atoms with van der Waals surface area (Å²) in [6.45, 7) is 0.334. The average Bonchev–Trinajstić information content (AvgIpc) is 3.00. The second-order valence-corrected chi connectivity index (χ2v) is 8.17. The molecule has 2 aromatic carbocycles. The molecule has 0 aliphatic carbocycles. The molecule has 1 N–H and O–H groups in total. The lowest BCUT2D eigenvalue weighted by atomic mass is 10.1. The molecule has 0 radical (unpaired) electrons. The molecule has 0 aromatic heterocycles. The monoisotopic (exact) mass is 414 g/mol. The van der Waals surface area contributed by atoms with Gasteiger partial charge in [-0.25, -0.2) is 8.42 Å². The van der Waals surface area contributed by atoms with Crippen LogP contribution in [0.4, 0.5) is 24.5 Å². The summed E-state index contributed by atoms with van der Waals surface area (Å²) in [5.41, 5.74) is -0.245. The molecular formula is C18H17F3N2O4S. The minimum absolute atomic E-state index is 0.0225. The molecule has 1 heterocycles. The van der Waals surface area contributed by atoms with Crippen molar-refractivity contribution in [3.8, 4) is 5.75 Å². The van der Waals surface area contributed by atoms with Crippen molar-refractivity contribution in [3.05, 3.63) is 53.6 Å². The van der Waals surface area contributed by atoms with Gasteiger partial charge in [0.2, 0.25) is 10.0 Å². The van der Waals surface area contributed by atoms with E-state index in [0.29, 0.717) is 24.4 Å². The standard InChI is InChI=1S/C18H17F3N2O4S/c1-27-16-8-7-14(23-9-2-10-28(23,25)26)11-15(16)22-17(24)12-3-5-13(6-4-12)18(19,20)21/h3-8,11H,2,9-10H2,1H3,(H,22,24). The van der Waals surface area contributed by atoms with Gasteiger partial charge >= 0.3 is 6.18 Å². The number of nitrogens with one attached hydrogen (secondary N) is 1. The molecular weight excluding hydrogens is 397 g/mol. The number of sulfonamides is 1. The quantitative estimate of drug-likeness (QED) is 0.831. The third-order valence-electron chi connectivity index (χ3n) is 4.29. The fourth-order valence-corrected chi connectivity index (χ4v) is 4.44. The van der Waals surface area contributed by atoms with E-state index in [9.17, 15) is 26.4 Å². The first-order chi connectivity index (χ1) is 13.1. The molecule has 1 amide bonds. The third kappa shape index (κ3) is 4.06. The van der Waals surface area contributed by atoms with E-state index in [1.54, 1.807) is 6.07 Å². The molecule has 0 spiro atoms. The lowest BCUT2D eigenvalue weighted by Crippen LogP contribution is -2.25. The highest BCUT2D eigenvalue weighted by Gasteiger charge is 2.31. The fourth-order valence-electron chi connectivity index (χ4n) is 2.88. The number of nitrogens with zero attached hydrogens (tertiary/aromatic N) is 1. The summed E-state index contributed by atoms with van der Waals surface area (Å²) >= 11 is 0. The van der Waals surface area contributed by atoms with Crippen LogP contribution in [0.5, 0.6) is 5.75 Å². The van der Waals surface area contributed by atoms with Gasteiger partial charge in [-0.1, -0.05) is 0 Å². The summed E-state index contributed by atoms with van der Waals surface area (Å²) in [4.78, 5) is 12.4. The zero-order valence-corrected chi connectivity index (χ0v) is 15.6. The third-order valence-corrected chi connectivity index (χ3v) is 6.16. The van der Waals surface area contributed by atoms with Crippen molar-refractivity contribution < 1.29 is 31.1 Å². The number of amides is 1. The predicted octanol–water partition coefficient (Wildman–Crippen LogP) is 3.51. The summed E-state index contributed by atoms with van der Waals surface area (Å²) in [5.74, 6) is -0.305. The summed E-state index contributed by atoms with van der Waals surface area (Å²) in [7, 11) is -2.02. The Balaban J connectivity index is 1.86. The molecule has 0 unspecified atom stereocenters. The topological polar surface area (TPSA) is 75.7 Å². The largest absolute Gasteiger partial charge is 0.495 e. The van der Waals surface area contributed by atoms with Gasteiger partial charge in [0.15, 0.2) is 0 Å². The number of ether oxygens (including phenoxy) is 1. The van der Waals surface area contributed by atoms with Crippen LogP contribution in [0.2, 0.25) is 0 Å². The SMILES string of the molecule is COc1ccc(N2CCCS2(=O)=O)cc1NC(=O)c1ccc(C(F)(F)F)cc1. The van der Waals surface area contributed by atoms with Crippen molar-refractivity contribution in [1.29, 1.82) is 0 Å². The number of carbonyl (C=O) groups excluding carboxylic acids is 1. The molecule has 0 saturated carbocycles. The molecule has 10 heteroatoms. The zero-order valence-electron chi connectivity index (χ0n) is 14.8. The van der Waals surface area contributed by atoms with E-state index in [4.69, 9.17) is 4.74 Å². The van der Waals surface area contributed by atoms with E-state index in [1.165, 1.54) is 23.5 Å². The van der Waals surface area contributed by atoms with E-state index in [1.807, 2.05) is 0 Å². The maximum absolute atomic E-state index is 12.7. The van der Waals surface area contributed by atoms with Gasteiger partial charge in [-0.2, -0.15) is 13.2 Å². The first kappa shape index (κ1) is 20.0. The number of methoxy groups -OCH3 is 1. The fraction of sp³-hybridized carbons (Fsp3) is 0.278. The van der Waals surface area contributed by atoms with Crippen LogP contribution in [-0.2, 0) is 16.2 Å². The second-order valence-electron chi connectivity index (χ2n) is 6.16. The van der Waals surface area contributed by atoms with E-state index in [-0.39, 0.29) is 17.0 Å². The Morgan fingerprint density at radius 3 is 2.36 bits per heavy atom. The number of alkyl halides is 3. The zero-order chi connectivity index (χ0) is 20.5. The highest BCUT2D eigenvalue weighted by atomic mass is 32.2. The van der Waals surface area contributed by atoms with Crippen molar-refractivity contribution in [2.45, 2.75) is 12.6 Å². The molecule has 0 bridgehead atoms. The van der Waals surface area contributed by atoms with Crippen LogP contribution < -0.4 is 14.4 Å². The number of benzene rings is 2. The van der Waals surface area contributed by atoms with Gasteiger partial charge in [0.1, 0.15) is 5.75 Å². The molecule has 0 atom stereocenters. The molecule has 2 aromatic rings. The average molecular weight is 414 g/mol. The summed E-state index contributed by atoms with van der Waals surface area (Å²) in [5, 5.41) is 2.56. The number of hydrogen-bond donors (Lipinski definition) is 1. The van der Waals surface area contributed by atoms with Crippen molar-refractivity contribution in [1.82, 2.24) is 0 Å². The van der Waals surface area contributed by atoms with Crippen molar-refractivity contribution in [2.75, 3.05) is 29.0 Å². The first-order valence-electron chi connectivity index (χ1n) is 8.29. The van der Waals surface area contributed by atoms with Crippen LogP contribution in [0, 0.1) is 0 Å². The second kappa shape index (κ2) is 7.34. The molecule has 28 heavy (non-hydrogen) atoms.